The molecule has 0 unspecified atom stereocenters. The highest BCUT2D eigenvalue weighted by Crippen LogP contribution is 2.22. The van der Waals surface area contributed by atoms with Crippen molar-refractivity contribution in [1.82, 2.24) is 9.78 Å². The number of carbonyl (C=O) groups excluding carboxylic acids is 1. The van der Waals surface area contributed by atoms with Crippen molar-refractivity contribution in [3.05, 3.63) is 51.3 Å². The second-order valence-corrected chi connectivity index (χ2v) is 5.80. The first kappa shape index (κ1) is 15.0. The van der Waals surface area contributed by atoms with Crippen LogP contribution < -0.4 is 0 Å². The van der Waals surface area contributed by atoms with Crippen molar-refractivity contribution < 1.29 is 4.79 Å². The average Bonchev–Trinajstić information content (AvgIpc) is 2.69. The number of benzene rings is 1. The summed E-state index contributed by atoms with van der Waals surface area (Å²) in [6.45, 7) is 4.10. The third-order valence-electron chi connectivity index (χ3n) is 3.52. The fourth-order valence-electron chi connectivity index (χ4n) is 2.28. The molecule has 3 nitrogen and oxygen atoms in total. The van der Waals surface area contributed by atoms with Crippen LogP contribution in [0.2, 0.25) is 0 Å². The van der Waals surface area contributed by atoms with Crippen LogP contribution in [-0.4, -0.2) is 15.6 Å². The molecule has 0 amide bonds. The molecule has 1 heterocycles. The van der Waals surface area contributed by atoms with Crippen LogP contribution in [0.4, 0.5) is 0 Å². The van der Waals surface area contributed by atoms with E-state index < -0.39 is 0 Å². The minimum absolute atomic E-state index is 0.214. The lowest BCUT2D eigenvalue weighted by Crippen LogP contribution is -2.11. The summed E-state index contributed by atoms with van der Waals surface area (Å²) in [7, 11) is 1.89. The summed E-state index contributed by atoms with van der Waals surface area (Å²) in [5, 5.41) is 4.42. The number of carbonyl (C=O) groups is 1. The molecule has 0 radical (unpaired) electrons. The lowest BCUT2D eigenvalue weighted by atomic mass is 10.0. The van der Waals surface area contributed by atoms with E-state index in [0.29, 0.717) is 12.8 Å². The Morgan fingerprint density at radius 3 is 2.60 bits per heavy atom. The van der Waals surface area contributed by atoms with Crippen LogP contribution >= 0.6 is 15.9 Å². The summed E-state index contributed by atoms with van der Waals surface area (Å²) in [4.78, 5) is 12.3. The van der Waals surface area contributed by atoms with Crippen LogP contribution in [0.25, 0.3) is 0 Å². The van der Waals surface area contributed by atoms with E-state index in [1.807, 2.05) is 38.2 Å². The molecule has 4 heteroatoms. The molecule has 0 aliphatic rings. The van der Waals surface area contributed by atoms with Crippen molar-refractivity contribution in [2.75, 3.05) is 0 Å². The van der Waals surface area contributed by atoms with Gasteiger partial charge in [0.05, 0.1) is 15.9 Å². The van der Waals surface area contributed by atoms with Gasteiger partial charge in [0, 0.05) is 19.9 Å². The quantitative estimate of drug-likeness (QED) is 0.839. The molecule has 0 atom stereocenters. The summed E-state index contributed by atoms with van der Waals surface area (Å²) in [5.74, 6) is 0.214. The van der Waals surface area contributed by atoms with Gasteiger partial charge in [-0.3, -0.25) is 9.48 Å². The highest BCUT2D eigenvalue weighted by Gasteiger charge is 2.16. The van der Waals surface area contributed by atoms with Crippen molar-refractivity contribution in [1.29, 1.82) is 0 Å². The van der Waals surface area contributed by atoms with Crippen LogP contribution in [0.3, 0.4) is 0 Å². The van der Waals surface area contributed by atoms with Crippen molar-refractivity contribution in [2.45, 2.75) is 33.1 Å². The lowest BCUT2D eigenvalue weighted by Gasteiger charge is -2.06. The minimum Gasteiger partial charge on any atom is -0.299 e. The number of rotatable bonds is 5. The highest BCUT2D eigenvalue weighted by molar-refractivity contribution is 9.10. The Hall–Kier alpha value is -1.42. The molecule has 0 bridgehead atoms. The van der Waals surface area contributed by atoms with E-state index in [1.54, 1.807) is 4.68 Å². The van der Waals surface area contributed by atoms with Crippen LogP contribution in [0.15, 0.2) is 28.7 Å². The molecular weight excluding hydrogens is 316 g/mol. The Kier molecular flexibility index (Phi) is 4.76. The van der Waals surface area contributed by atoms with E-state index in [4.69, 9.17) is 0 Å². The van der Waals surface area contributed by atoms with E-state index in [0.717, 1.165) is 27.8 Å². The average molecular weight is 335 g/mol. The number of halogens is 1. The molecule has 0 saturated heterocycles. The van der Waals surface area contributed by atoms with Gasteiger partial charge in [-0.15, -0.1) is 0 Å². The normalized spacial score (nSPS) is 10.8. The molecule has 20 heavy (non-hydrogen) atoms. The van der Waals surface area contributed by atoms with E-state index in [-0.39, 0.29) is 5.78 Å². The Bertz CT molecular complexity index is 631. The first-order chi connectivity index (χ1) is 9.52. The molecular formula is C16H19BrN2O. The van der Waals surface area contributed by atoms with Crippen LogP contribution in [-0.2, 0) is 31.1 Å². The van der Waals surface area contributed by atoms with Gasteiger partial charge in [0.1, 0.15) is 5.78 Å². The number of nitrogens with zero attached hydrogens (tertiary/aromatic N) is 2. The second-order valence-electron chi connectivity index (χ2n) is 5.00. The number of aromatic nitrogens is 2. The minimum atomic E-state index is 0.214. The third kappa shape index (κ3) is 3.18. The molecule has 2 rings (SSSR count). The molecule has 0 aliphatic carbocycles. The van der Waals surface area contributed by atoms with E-state index >= 15 is 0 Å². The third-order valence-corrected chi connectivity index (χ3v) is 4.43. The summed E-state index contributed by atoms with van der Waals surface area (Å²) < 4.78 is 2.78. The maximum atomic E-state index is 12.3. The maximum Gasteiger partial charge on any atom is 0.143 e. The largest absolute Gasteiger partial charge is 0.299 e. The molecule has 106 valence electrons. The number of aryl methyl sites for hydroxylation is 3. The van der Waals surface area contributed by atoms with Crippen LogP contribution in [0.1, 0.15) is 29.4 Å². The zero-order valence-electron chi connectivity index (χ0n) is 12.1. The van der Waals surface area contributed by atoms with Gasteiger partial charge in [0.25, 0.3) is 0 Å². The number of ketones is 1. The van der Waals surface area contributed by atoms with Crippen molar-refractivity contribution >= 4 is 21.7 Å². The van der Waals surface area contributed by atoms with Crippen LogP contribution in [0.5, 0.6) is 0 Å². The number of hydrogen-bond donors (Lipinski definition) is 0. The van der Waals surface area contributed by atoms with Gasteiger partial charge >= 0.3 is 0 Å². The van der Waals surface area contributed by atoms with Crippen LogP contribution in [0, 0.1) is 6.92 Å². The highest BCUT2D eigenvalue weighted by atomic mass is 79.9. The first-order valence-corrected chi connectivity index (χ1v) is 7.58. The Balaban J connectivity index is 2.13. The fraction of sp³-hybridized carbons (Fsp3) is 0.375. The molecule has 0 aliphatic heterocycles. The van der Waals surface area contributed by atoms with E-state index in [1.165, 1.54) is 5.56 Å². The molecule has 0 saturated carbocycles. The van der Waals surface area contributed by atoms with Gasteiger partial charge < -0.3 is 0 Å². The predicted octanol–water partition coefficient (Wildman–Crippen LogP) is 3.41. The van der Waals surface area contributed by atoms with Gasteiger partial charge in [-0.05, 0) is 40.4 Å². The lowest BCUT2D eigenvalue weighted by molar-refractivity contribution is -0.117. The van der Waals surface area contributed by atoms with Gasteiger partial charge in [-0.2, -0.15) is 5.10 Å². The van der Waals surface area contributed by atoms with Gasteiger partial charge in [-0.1, -0.05) is 31.2 Å². The molecule has 1 aromatic heterocycles. The molecule has 0 spiro atoms. The van der Waals surface area contributed by atoms with E-state index in [2.05, 4.69) is 28.0 Å². The smallest absolute Gasteiger partial charge is 0.143 e. The first-order valence-electron chi connectivity index (χ1n) is 6.79. The van der Waals surface area contributed by atoms with Gasteiger partial charge in [0.2, 0.25) is 0 Å². The second kappa shape index (κ2) is 6.35. The SMILES string of the molecule is CCc1nn(C)c(CC(=O)Cc2ccccc2C)c1Br. The van der Waals surface area contributed by atoms with Gasteiger partial charge in [-0.25, -0.2) is 0 Å². The zero-order chi connectivity index (χ0) is 14.7. The Morgan fingerprint density at radius 2 is 2.00 bits per heavy atom. The summed E-state index contributed by atoms with van der Waals surface area (Å²) in [6, 6.07) is 8.03. The molecule has 2 aromatic rings. The molecule has 1 aromatic carbocycles. The monoisotopic (exact) mass is 334 g/mol. The predicted molar refractivity (Wildman–Crippen MR) is 83.9 cm³/mol. The summed E-state index contributed by atoms with van der Waals surface area (Å²) in [5.41, 5.74) is 4.23. The van der Waals surface area contributed by atoms with Crippen molar-refractivity contribution in [3.8, 4) is 0 Å². The maximum absolute atomic E-state index is 12.3. The van der Waals surface area contributed by atoms with E-state index in [9.17, 15) is 4.79 Å². The Labute approximate surface area is 128 Å². The van der Waals surface area contributed by atoms with Crippen molar-refractivity contribution in [2.24, 2.45) is 7.05 Å². The summed E-state index contributed by atoms with van der Waals surface area (Å²) >= 11 is 3.56. The standard InChI is InChI=1S/C16H19BrN2O/c1-4-14-16(17)15(19(3)18-14)10-13(20)9-12-8-6-5-7-11(12)2/h5-8H,4,9-10H2,1-3H3. The summed E-state index contributed by atoms with van der Waals surface area (Å²) in [6.07, 6.45) is 1.75. The fourth-order valence-corrected chi connectivity index (χ4v) is 3.04. The topological polar surface area (TPSA) is 34.9 Å². The molecule has 0 N–H and O–H groups in total. The Morgan fingerprint density at radius 1 is 1.30 bits per heavy atom. The van der Waals surface area contributed by atoms with Crippen molar-refractivity contribution in [3.63, 3.8) is 0 Å². The number of hydrogen-bond acceptors (Lipinski definition) is 2. The molecule has 0 fully saturated rings. The van der Waals surface area contributed by atoms with Gasteiger partial charge in [0.15, 0.2) is 0 Å². The number of Topliss-reactive ketones (excluding diaryl/α,β-unsaturated/α-hetero) is 1. The zero-order valence-corrected chi connectivity index (χ0v) is 13.7.